The molecule has 0 saturated carbocycles. The lowest BCUT2D eigenvalue weighted by molar-refractivity contribution is -0.148. The summed E-state index contributed by atoms with van der Waals surface area (Å²) in [5.74, 6) is 0.843. The van der Waals surface area contributed by atoms with E-state index in [9.17, 15) is 4.79 Å². The van der Waals surface area contributed by atoms with Crippen LogP contribution in [0.3, 0.4) is 0 Å². The summed E-state index contributed by atoms with van der Waals surface area (Å²) >= 11 is 1.51. The summed E-state index contributed by atoms with van der Waals surface area (Å²) in [6, 6.07) is 12.8. The van der Waals surface area contributed by atoms with Crippen molar-refractivity contribution in [1.29, 1.82) is 0 Å². The molecule has 2 heterocycles. The van der Waals surface area contributed by atoms with Gasteiger partial charge >= 0.3 is 5.97 Å². The summed E-state index contributed by atoms with van der Waals surface area (Å²) in [5, 5.41) is 5.75. The number of carbonyl (C=O) groups is 1. The molecule has 3 aromatic rings. The molecule has 0 N–H and O–H groups in total. The molecule has 22 heavy (non-hydrogen) atoms. The van der Waals surface area contributed by atoms with Crippen LogP contribution in [-0.2, 0) is 16.1 Å². The van der Waals surface area contributed by atoms with Crippen LogP contribution in [-0.4, -0.2) is 22.7 Å². The van der Waals surface area contributed by atoms with Crippen LogP contribution in [0.15, 0.2) is 52.4 Å². The maximum atomic E-state index is 11.6. The number of thiophene rings is 1. The summed E-state index contributed by atoms with van der Waals surface area (Å²) < 4.78 is 15.3. The molecule has 0 aliphatic heterocycles. The highest BCUT2D eigenvalue weighted by Gasteiger charge is 2.12. The molecular weight excluding hydrogens is 304 g/mol. The minimum absolute atomic E-state index is 0.0740. The van der Waals surface area contributed by atoms with Gasteiger partial charge in [0.25, 0.3) is 5.89 Å². The van der Waals surface area contributed by atoms with Gasteiger partial charge in [-0.2, -0.15) is 4.98 Å². The highest BCUT2D eigenvalue weighted by atomic mass is 32.1. The average molecular weight is 316 g/mol. The van der Waals surface area contributed by atoms with Crippen molar-refractivity contribution in [3.63, 3.8) is 0 Å². The second kappa shape index (κ2) is 6.86. The monoisotopic (exact) mass is 316 g/mol. The van der Waals surface area contributed by atoms with Gasteiger partial charge in [-0.25, -0.2) is 4.79 Å². The zero-order valence-corrected chi connectivity index (χ0v) is 12.3. The highest BCUT2D eigenvalue weighted by molar-refractivity contribution is 7.13. The van der Waals surface area contributed by atoms with Gasteiger partial charge in [0.05, 0.1) is 4.88 Å². The summed E-state index contributed by atoms with van der Waals surface area (Å²) in [4.78, 5) is 16.6. The zero-order valence-electron chi connectivity index (χ0n) is 11.5. The molecule has 0 atom stereocenters. The lowest BCUT2D eigenvalue weighted by Gasteiger charge is -2.04. The Bertz CT molecular complexity index is 725. The summed E-state index contributed by atoms with van der Waals surface area (Å²) in [5.41, 5.74) is 0. The number of esters is 1. The normalized spacial score (nSPS) is 10.4. The lowest BCUT2D eigenvalue weighted by Crippen LogP contribution is -2.14. The molecular formula is C15H12N2O4S. The fraction of sp³-hybridized carbons (Fsp3) is 0.133. The second-order valence-corrected chi connectivity index (χ2v) is 5.20. The van der Waals surface area contributed by atoms with E-state index in [4.69, 9.17) is 14.0 Å². The van der Waals surface area contributed by atoms with Crippen molar-refractivity contribution < 1.29 is 18.8 Å². The number of benzene rings is 1. The first-order valence-corrected chi connectivity index (χ1v) is 7.39. The standard InChI is InChI=1S/C15H12N2O4S/c18-14(10-19-11-5-2-1-3-6-11)20-9-13-16-15(17-21-13)12-7-4-8-22-12/h1-8H,9-10H2. The van der Waals surface area contributed by atoms with Gasteiger partial charge < -0.3 is 14.0 Å². The molecule has 6 nitrogen and oxygen atoms in total. The summed E-state index contributed by atoms with van der Waals surface area (Å²) in [6.45, 7) is -0.245. The molecule has 0 fully saturated rings. The molecule has 1 aromatic carbocycles. The second-order valence-electron chi connectivity index (χ2n) is 4.25. The number of para-hydroxylation sites is 1. The van der Waals surface area contributed by atoms with Crippen molar-refractivity contribution in [1.82, 2.24) is 10.1 Å². The van der Waals surface area contributed by atoms with Gasteiger partial charge in [-0.1, -0.05) is 29.4 Å². The molecule has 7 heteroatoms. The van der Waals surface area contributed by atoms with Gasteiger partial charge in [0, 0.05) is 0 Å². The zero-order chi connectivity index (χ0) is 15.2. The fourth-order valence-electron chi connectivity index (χ4n) is 1.66. The van der Waals surface area contributed by atoms with E-state index in [1.807, 2.05) is 35.7 Å². The van der Waals surface area contributed by atoms with E-state index in [1.165, 1.54) is 11.3 Å². The van der Waals surface area contributed by atoms with E-state index in [0.717, 1.165) is 4.88 Å². The van der Waals surface area contributed by atoms with Gasteiger partial charge in [0.15, 0.2) is 13.2 Å². The van der Waals surface area contributed by atoms with Crippen LogP contribution < -0.4 is 4.74 Å². The van der Waals surface area contributed by atoms with E-state index >= 15 is 0 Å². The van der Waals surface area contributed by atoms with Crippen LogP contribution >= 0.6 is 11.3 Å². The first-order chi connectivity index (χ1) is 10.8. The van der Waals surface area contributed by atoms with Gasteiger partial charge in [0.2, 0.25) is 5.82 Å². The molecule has 0 spiro atoms. The number of rotatable bonds is 6. The Labute approximate surface area is 130 Å². The van der Waals surface area contributed by atoms with Crippen LogP contribution in [0.25, 0.3) is 10.7 Å². The van der Waals surface area contributed by atoms with E-state index in [2.05, 4.69) is 10.1 Å². The van der Waals surface area contributed by atoms with Gasteiger partial charge in [-0.15, -0.1) is 11.3 Å². The smallest absolute Gasteiger partial charge is 0.344 e. The summed E-state index contributed by atoms with van der Waals surface area (Å²) in [6.07, 6.45) is 0. The minimum atomic E-state index is -0.500. The molecule has 0 bridgehead atoms. The first-order valence-electron chi connectivity index (χ1n) is 6.51. The molecule has 0 aliphatic rings. The molecule has 0 saturated heterocycles. The SMILES string of the molecule is O=C(COc1ccccc1)OCc1nc(-c2cccs2)no1. The predicted molar refractivity (Wildman–Crippen MR) is 79.3 cm³/mol. The van der Waals surface area contributed by atoms with Crippen molar-refractivity contribution in [2.24, 2.45) is 0 Å². The van der Waals surface area contributed by atoms with Crippen molar-refractivity contribution in [3.05, 3.63) is 53.7 Å². The van der Waals surface area contributed by atoms with Crippen molar-refractivity contribution in [3.8, 4) is 16.5 Å². The van der Waals surface area contributed by atoms with Crippen LogP contribution in [0.4, 0.5) is 0 Å². The number of hydrogen-bond acceptors (Lipinski definition) is 7. The van der Waals surface area contributed by atoms with Gasteiger partial charge in [0.1, 0.15) is 5.75 Å². The van der Waals surface area contributed by atoms with Crippen LogP contribution in [0, 0.1) is 0 Å². The molecule has 0 radical (unpaired) electrons. The van der Waals surface area contributed by atoms with Crippen LogP contribution in [0.1, 0.15) is 5.89 Å². The average Bonchev–Trinajstić information content (AvgIpc) is 3.22. The van der Waals surface area contributed by atoms with Crippen molar-refractivity contribution in [2.75, 3.05) is 6.61 Å². The topological polar surface area (TPSA) is 74.5 Å². The predicted octanol–water partition coefficient (Wildman–Crippen LogP) is 2.92. The van der Waals surface area contributed by atoms with Crippen molar-refractivity contribution >= 4 is 17.3 Å². The van der Waals surface area contributed by atoms with Crippen LogP contribution in [0.5, 0.6) is 5.75 Å². The number of nitrogens with zero attached hydrogens (tertiary/aromatic N) is 2. The lowest BCUT2D eigenvalue weighted by atomic mass is 10.3. The first kappa shape index (κ1) is 14.3. The van der Waals surface area contributed by atoms with Crippen LogP contribution in [0.2, 0.25) is 0 Å². The quantitative estimate of drug-likeness (QED) is 0.651. The summed E-state index contributed by atoms with van der Waals surface area (Å²) in [7, 11) is 0. The van der Waals surface area contributed by atoms with Gasteiger partial charge in [-0.05, 0) is 23.6 Å². The Morgan fingerprint density at radius 3 is 2.82 bits per heavy atom. The highest BCUT2D eigenvalue weighted by Crippen LogP contribution is 2.21. The maximum Gasteiger partial charge on any atom is 0.344 e. The Morgan fingerprint density at radius 2 is 2.05 bits per heavy atom. The Morgan fingerprint density at radius 1 is 1.18 bits per heavy atom. The number of carbonyl (C=O) groups excluding carboxylic acids is 1. The third-order valence-corrected chi connectivity index (χ3v) is 3.53. The number of aromatic nitrogens is 2. The molecule has 0 aliphatic carbocycles. The molecule has 3 rings (SSSR count). The van der Waals surface area contributed by atoms with E-state index < -0.39 is 5.97 Å². The van der Waals surface area contributed by atoms with Gasteiger partial charge in [-0.3, -0.25) is 0 Å². The van der Waals surface area contributed by atoms with E-state index in [1.54, 1.807) is 12.1 Å². The number of hydrogen-bond donors (Lipinski definition) is 0. The Balaban J connectivity index is 1.47. The largest absolute Gasteiger partial charge is 0.482 e. The minimum Gasteiger partial charge on any atom is -0.482 e. The Hall–Kier alpha value is -2.67. The third-order valence-electron chi connectivity index (χ3n) is 2.67. The molecule has 2 aromatic heterocycles. The maximum absolute atomic E-state index is 11.6. The number of ether oxygens (including phenoxy) is 2. The third kappa shape index (κ3) is 3.70. The molecule has 112 valence electrons. The fourth-order valence-corrected chi connectivity index (χ4v) is 2.31. The van der Waals surface area contributed by atoms with E-state index in [-0.39, 0.29) is 19.1 Å². The molecule has 0 amide bonds. The van der Waals surface area contributed by atoms with E-state index in [0.29, 0.717) is 11.6 Å². The van der Waals surface area contributed by atoms with Crippen molar-refractivity contribution in [2.45, 2.75) is 6.61 Å². The molecule has 0 unspecified atom stereocenters. The Kier molecular flexibility index (Phi) is 4.45.